The molecule has 1 N–H and O–H groups in total. The van der Waals surface area contributed by atoms with Crippen molar-refractivity contribution in [1.29, 1.82) is 0 Å². The fraction of sp³-hybridized carbons (Fsp3) is 0.105. The normalized spacial score (nSPS) is 10.6. The second-order valence-electron chi connectivity index (χ2n) is 5.67. The van der Waals surface area contributed by atoms with Gasteiger partial charge in [-0.05, 0) is 68.1 Å². The van der Waals surface area contributed by atoms with E-state index in [1.807, 2.05) is 32.0 Å². The number of anilines is 1. The molecule has 1 amide bonds. The molecule has 1 heterocycles. The molecule has 2 aromatic carbocycles. The number of nitrogens with zero attached hydrogens (tertiary/aromatic N) is 2. The number of nitrogens with one attached hydrogen (secondary N) is 1. The minimum absolute atomic E-state index is 0.0791. The van der Waals surface area contributed by atoms with Crippen molar-refractivity contribution in [1.82, 2.24) is 9.97 Å². The van der Waals surface area contributed by atoms with Crippen molar-refractivity contribution in [2.45, 2.75) is 23.9 Å². The Hall–Kier alpha value is -2.80. The van der Waals surface area contributed by atoms with E-state index in [1.54, 1.807) is 12.1 Å². The molecule has 0 aliphatic carbocycles. The molecule has 3 rings (SSSR count). The number of amides is 1. The van der Waals surface area contributed by atoms with E-state index in [1.165, 1.54) is 11.8 Å². The SMILES string of the molecule is Cc1cc(C)nc(Sc2ccc(NC(=O)c3cc(F)cc(F)c3)cc2)n1. The number of hydrogen-bond donors (Lipinski definition) is 1. The van der Waals surface area contributed by atoms with Crippen molar-refractivity contribution in [3.8, 4) is 0 Å². The van der Waals surface area contributed by atoms with Gasteiger partial charge in [0.05, 0.1) is 0 Å². The zero-order valence-electron chi connectivity index (χ0n) is 14.1. The number of rotatable bonds is 4. The monoisotopic (exact) mass is 371 g/mol. The summed E-state index contributed by atoms with van der Waals surface area (Å²) in [5.74, 6) is -2.17. The van der Waals surface area contributed by atoms with Crippen LogP contribution in [0.5, 0.6) is 0 Å². The number of carbonyl (C=O) groups is 1. The molecular weight excluding hydrogens is 356 g/mol. The number of carbonyl (C=O) groups excluding carboxylic acids is 1. The Balaban J connectivity index is 1.70. The molecule has 0 bridgehead atoms. The lowest BCUT2D eigenvalue weighted by Gasteiger charge is -2.07. The number of hydrogen-bond acceptors (Lipinski definition) is 4. The third-order valence-corrected chi connectivity index (χ3v) is 4.28. The van der Waals surface area contributed by atoms with E-state index in [9.17, 15) is 13.6 Å². The lowest BCUT2D eigenvalue weighted by Crippen LogP contribution is -2.12. The molecule has 0 aliphatic heterocycles. The van der Waals surface area contributed by atoms with Gasteiger partial charge in [-0.1, -0.05) is 0 Å². The van der Waals surface area contributed by atoms with Crippen LogP contribution in [0.2, 0.25) is 0 Å². The van der Waals surface area contributed by atoms with Crippen LogP contribution >= 0.6 is 11.8 Å². The lowest BCUT2D eigenvalue weighted by molar-refractivity contribution is 0.102. The molecule has 1 aromatic heterocycles. The summed E-state index contributed by atoms with van der Waals surface area (Å²) in [4.78, 5) is 21.7. The Kier molecular flexibility index (Phi) is 5.27. The molecule has 0 saturated carbocycles. The predicted octanol–water partition coefficient (Wildman–Crippen LogP) is 4.78. The highest BCUT2D eigenvalue weighted by Crippen LogP contribution is 2.26. The summed E-state index contributed by atoms with van der Waals surface area (Å²) in [6, 6.07) is 11.6. The fourth-order valence-electron chi connectivity index (χ4n) is 2.34. The second-order valence-corrected chi connectivity index (χ2v) is 6.71. The minimum Gasteiger partial charge on any atom is -0.322 e. The number of aromatic nitrogens is 2. The Morgan fingerprint density at radius 3 is 2.08 bits per heavy atom. The third kappa shape index (κ3) is 4.64. The highest BCUT2D eigenvalue weighted by molar-refractivity contribution is 7.99. The van der Waals surface area contributed by atoms with Gasteiger partial charge >= 0.3 is 0 Å². The fourth-order valence-corrected chi connectivity index (χ4v) is 3.20. The maximum Gasteiger partial charge on any atom is 0.255 e. The molecule has 0 saturated heterocycles. The Labute approximate surface area is 153 Å². The first kappa shape index (κ1) is 18.0. The van der Waals surface area contributed by atoms with Gasteiger partial charge < -0.3 is 5.32 Å². The third-order valence-electron chi connectivity index (χ3n) is 3.41. The maximum atomic E-state index is 13.2. The highest BCUT2D eigenvalue weighted by Gasteiger charge is 2.10. The molecule has 7 heteroatoms. The molecule has 0 atom stereocenters. The van der Waals surface area contributed by atoms with E-state index in [4.69, 9.17) is 0 Å². The molecule has 0 aliphatic rings. The topological polar surface area (TPSA) is 54.9 Å². The molecule has 26 heavy (non-hydrogen) atoms. The quantitative estimate of drug-likeness (QED) is 0.671. The van der Waals surface area contributed by atoms with Crippen LogP contribution in [-0.2, 0) is 0 Å². The van der Waals surface area contributed by atoms with E-state index in [0.717, 1.165) is 34.5 Å². The van der Waals surface area contributed by atoms with Crippen LogP contribution in [0.4, 0.5) is 14.5 Å². The van der Waals surface area contributed by atoms with Gasteiger partial charge in [0.2, 0.25) is 0 Å². The van der Waals surface area contributed by atoms with Crippen LogP contribution in [0.15, 0.2) is 58.6 Å². The van der Waals surface area contributed by atoms with Gasteiger partial charge in [0.25, 0.3) is 5.91 Å². The van der Waals surface area contributed by atoms with Gasteiger partial charge in [-0.2, -0.15) is 0 Å². The largest absolute Gasteiger partial charge is 0.322 e. The first-order valence-corrected chi connectivity index (χ1v) is 8.58. The van der Waals surface area contributed by atoms with E-state index in [-0.39, 0.29) is 5.56 Å². The van der Waals surface area contributed by atoms with Gasteiger partial charge in [-0.15, -0.1) is 0 Å². The average Bonchev–Trinajstić information content (AvgIpc) is 2.55. The molecule has 132 valence electrons. The van der Waals surface area contributed by atoms with Crippen molar-refractivity contribution in [3.63, 3.8) is 0 Å². The molecule has 0 spiro atoms. The van der Waals surface area contributed by atoms with Crippen molar-refractivity contribution in [3.05, 3.63) is 77.1 Å². The lowest BCUT2D eigenvalue weighted by atomic mass is 10.2. The van der Waals surface area contributed by atoms with Gasteiger partial charge in [-0.25, -0.2) is 18.7 Å². The number of aryl methyl sites for hydroxylation is 2. The van der Waals surface area contributed by atoms with Crippen LogP contribution in [0.25, 0.3) is 0 Å². The Bertz CT molecular complexity index is 921. The van der Waals surface area contributed by atoms with E-state index in [0.29, 0.717) is 10.8 Å². The summed E-state index contributed by atoms with van der Waals surface area (Å²) in [6.45, 7) is 3.82. The summed E-state index contributed by atoms with van der Waals surface area (Å²) in [5, 5.41) is 3.26. The maximum absolute atomic E-state index is 13.2. The molecule has 4 nitrogen and oxygen atoms in total. The number of halogens is 2. The summed E-state index contributed by atoms with van der Waals surface area (Å²) >= 11 is 1.41. The smallest absolute Gasteiger partial charge is 0.255 e. The summed E-state index contributed by atoms with van der Waals surface area (Å²) in [7, 11) is 0. The van der Waals surface area contributed by atoms with Crippen LogP contribution in [0.3, 0.4) is 0 Å². The van der Waals surface area contributed by atoms with Crippen molar-refractivity contribution < 1.29 is 13.6 Å². The Morgan fingerprint density at radius 2 is 1.50 bits per heavy atom. The first-order chi connectivity index (χ1) is 12.4. The highest BCUT2D eigenvalue weighted by atomic mass is 32.2. The molecule has 0 fully saturated rings. The van der Waals surface area contributed by atoms with Crippen molar-refractivity contribution in [2.75, 3.05) is 5.32 Å². The zero-order chi connectivity index (χ0) is 18.7. The Morgan fingerprint density at radius 1 is 0.923 bits per heavy atom. The van der Waals surface area contributed by atoms with Crippen LogP contribution in [0, 0.1) is 25.5 Å². The summed E-state index contributed by atoms with van der Waals surface area (Å²) < 4.78 is 26.4. The second kappa shape index (κ2) is 7.61. The van der Waals surface area contributed by atoms with Crippen molar-refractivity contribution >= 4 is 23.4 Å². The van der Waals surface area contributed by atoms with Gasteiger partial charge in [0, 0.05) is 33.6 Å². The molecular formula is C19H15F2N3OS. The van der Waals surface area contributed by atoms with Gasteiger partial charge in [-0.3, -0.25) is 4.79 Å². The number of benzene rings is 2. The standard InChI is InChI=1S/C19H15F2N3OS/c1-11-7-12(2)23-19(22-11)26-17-5-3-16(4-6-17)24-18(25)13-8-14(20)10-15(21)9-13/h3-10H,1-2H3,(H,24,25). The van der Waals surface area contributed by atoms with Crippen molar-refractivity contribution in [2.24, 2.45) is 0 Å². The predicted molar refractivity (Wildman–Crippen MR) is 96.4 cm³/mol. The molecule has 0 radical (unpaired) electrons. The zero-order valence-corrected chi connectivity index (χ0v) is 14.9. The van der Waals surface area contributed by atoms with Gasteiger partial charge in [0.1, 0.15) is 11.6 Å². The first-order valence-electron chi connectivity index (χ1n) is 7.77. The average molecular weight is 371 g/mol. The van der Waals surface area contributed by atoms with E-state index >= 15 is 0 Å². The molecule has 3 aromatic rings. The van der Waals surface area contributed by atoms with E-state index < -0.39 is 17.5 Å². The molecule has 0 unspecified atom stereocenters. The summed E-state index contributed by atoms with van der Waals surface area (Å²) in [6.07, 6.45) is 0. The van der Waals surface area contributed by atoms with E-state index in [2.05, 4.69) is 15.3 Å². The van der Waals surface area contributed by atoms with Crippen LogP contribution in [-0.4, -0.2) is 15.9 Å². The van der Waals surface area contributed by atoms with Crippen LogP contribution < -0.4 is 5.32 Å². The summed E-state index contributed by atoms with van der Waals surface area (Å²) in [5.41, 5.74) is 2.23. The van der Waals surface area contributed by atoms with Crippen LogP contribution in [0.1, 0.15) is 21.7 Å². The van der Waals surface area contributed by atoms with Gasteiger partial charge in [0.15, 0.2) is 5.16 Å². The minimum atomic E-state index is -0.796.